The molecule has 5 nitrogen and oxygen atoms in total. The van der Waals surface area contributed by atoms with Gasteiger partial charge in [0.25, 0.3) is 0 Å². The van der Waals surface area contributed by atoms with Gasteiger partial charge >= 0.3 is 0 Å². The number of nitrogens with two attached hydrogens (primary N) is 1. The van der Waals surface area contributed by atoms with Crippen LogP contribution in [0.25, 0.3) is 0 Å². The fraction of sp³-hybridized carbons (Fsp3) is 0.857. The van der Waals surface area contributed by atoms with Gasteiger partial charge in [0.1, 0.15) is 5.82 Å². The van der Waals surface area contributed by atoms with Crippen LogP contribution in [0.15, 0.2) is 5.16 Å². The maximum absolute atomic E-state index is 6.10. The second-order valence-corrected chi connectivity index (χ2v) is 7.09. The Bertz CT molecular complexity index is 456. The van der Waals surface area contributed by atoms with Gasteiger partial charge in [-0.15, -0.1) is 10.2 Å². The van der Waals surface area contributed by atoms with Crippen LogP contribution in [-0.2, 0) is 17.8 Å². The van der Waals surface area contributed by atoms with Crippen molar-refractivity contribution in [1.29, 1.82) is 0 Å². The van der Waals surface area contributed by atoms with Gasteiger partial charge in [-0.1, -0.05) is 24.6 Å². The van der Waals surface area contributed by atoms with Crippen molar-refractivity contribution in [2.75, 3.05) is 6.61 Å². The number of thioether (sulfide) groups is 1. The molecule has 1 aliphatic heterocycles. The van der Waals surface area contributed by atoms with E-state index in [4.69, 9.17) is 10.5 Å². The summed E-state index contributed by atoms with van der Waals surface area (Å²) in [6, 6.07) is 0. The van der Waals surface area contributed by atoms with Gasteiger partial charge in [-0.3, -0.25) is 0 Å². The van der Waals surface area contributed by atoms with E-state index in [0.717, 1.165) is 37.0 Å². The fourth-order valence-electron chi connectivity index (χ4n) is 3.48. The van der Waals surface area contributed by atoms with Crippen LogP contribution in [0.4, 0.5) is 0 Å². The zero-order valence-electron chi connectivity index (χ0n) is 12.2. The molecular formula is C14H24N4OS. The average Bonchev–Trinajstić information content (AvgIpc) is 3.06. The molecule has 0 amide bonds. The monoisotopic (exact) mass is 296 g/mol. The Labute approximate surface area is 124 Å². The Balaban J connectivity index is 1.69. The van der Waals surface area contributed by atoms with Gasteiger partial charge in [0.15, 0.2) is 5.16 Å². The second kappa shape index (κ2) is 6.03. The Morgan fingerprint density at radius 3 is 2.90 bits per heavy atom. The smallest absolute Gasteiger partial charge is 0.191 e. The third-order valence-electron chi connectivity index (χ3n) is 4.53. The molecule has 2 aliphatic rings. The van der Waals surface area contributed by atoms with Crippen molar-refractivity contribution in [3.63, 3.8) is 0 Å². The molecule has 0 aromatic carbocycles. The van der Waals surface area contributed by atoms with Crippen molar-refractivity contribution in [3.05, 3.63) is 5.82 Å². The van der Waals surface area contributed by atoms with E-state index in [0.29, 0.717) is 11.8 Å². The number of nitrogens with zero attached hydrogens (tertiary/aromatic N) is 3. The van der Waals surface area contributed by atoms with Gasteiger partial charge in [0.2, 0.25) is 0 Å². The summed E-state index contributed by atoms with van der Waals surface area (Å²) < 4.78 is 8.24. The maximum Gasteiger partial charge on any atom is 0.191 e. The Morgan fingerprint density at radius 1 is 1.40 bits per heavy atom. The molecule has 1 saturated heterocycles. The third-order valence-corrected chi connectivity index (χ3v) is 5.78. The predicted octanol–water partition coefficient (Wildman–Crippen LogP) is 2.34. The van der Waals surface area contributed by atoms with Gasteiger partial charge in [-0.25, -0.2) is 0 Å². The van der Waals surface area contributed by atoms with Gasteiger partial charge in [0, 0.05) is 18.4 Å². The minimum atomic E-state index is 0.170. The molecule has 1 saturated carbocycles. The van der Waals surface area contributed by atoms with Crippen LogP contribution in [0.2, 0.25) is 0 Å². The number of ether oxygens (including phenoxy) is 1. The molecule has 2 heterocycles. The highest BCUT2D eigenvalue weighted by molar-refractivity contribution is 7.99. The maximum atomic E-state index is 6.10. The lowest BCUT2D eigenvalue weighted by Crippen LogP contribution is -2.38. The summed E-state index contributed by atoms with van der Waals surface area (Å²) in [5.41, 5.74) is 5.88. The minimum Gasteiger partial charge on any atom is -0.375 e. The van der Waals surface area contributed by atoms with E-state index in [-0.39, 0.29) is 5.60 Å². The van der Waals surface area contributed by atoms with Crippen molar-refractivity contribution in [3.8, 4) is 0 Å². The van der Waals surface area contributed by atoms with Crippen LogP contribution in [0.3, 0.4) is 0 Å². The standard InChI is InChI=1S/C14H24N4OS/c1-2-18-12(10-15)16-17-13(18)20-11-5-8-19-14(9-11)6-3-4-7-14/h11H,2-10,15H2,1H3. The van der Waals surface area contributed by atoms with Gasteiger partial charge in [-0.2, -0.15) is 0 Å². The van der Waals surface area contributed by atoms with Crippen LogP contribution in [0.5, 0.6) is 0 Å². The molecule has 3 rings (SSSR count). The van der Waals surface area contributed by atoms with E-state index in [2.05, 4.69) is 21.7 Å². The minimum absolute atomic E-state index is 0.170. The highest BCUT2D eigenvalue weighted by Crippen LogP contribution is 2.44. The number of hydrogen-bond acceptors (Lipinski definition) is 5. The molecule has 1 aliphatic carbocycles. The van der Waals surface area contributed by atoms with E-state index < -0.39 is 0 Å². The molecule has 1 atom stereocenters. The molecule has 20 heavy (non-hydrogen) atoms. The second-order valence-electron chi connectivity index (χ2n) is 5.82. The third kappa shape index (κ3) is 2.73. The summed E-state index contributed by atoms with van der Waals surface area (Å²) in [4.78, 5) is 0. The molecule has 6 heteroatoms. The lowest BCUT2D eigenvalue weighted by molar-refractivity contribution is -0.0704. The number of rotatable bonds is 4. The molecule has 112 valence electrons. The molecule has 1 unspecified atom stereocenters. The summed E-state index contributed by atoms with van der Waals surface area (Å²) in [5.74, 6) is 0.887. The van der Waals surface area contributed by atoms with Crippen molar-refractivity contribution < 1.29 is 4.74 Å². The van der Waals surface area contributed by atoms with Crippen molar-refractivity contribution >= 4 is 11.8 Å². The summed E-state index contributed by atoms with van der Waals surface area (Å²) in [6.07, 6.45) is 7.38. The van der Waals surface area contributed by atoms with Crippen LogP contribution >= 0.6 is 11.8 Å². The van der Waals surface area contributed by atoms with Crippen LogP contribution in [0.1, 0.15) is 51.3 Å². The molecule has 1 aromatic heterocycles. The summed E-state index contributed by atoms with van der Waals surface area (Å²) in [5, 5.41) is 10.1. The Morgan fingerprint density at radius 2 is 2.20 bits per heavy atom. The first-order valence-corrected chi connectivity index (χ1v) is 8.57. The summed E-state index contributed by atoms with van der Waals surface area (Å²) >= 11 is 1.87. The quantitative estimate of drug-likeness (QED) is 0.924. The molecule has 0 radical (unpaired) electrons. The molecule has 2 fully saturated rings. The van der Waals surface area contributed by atoms with E-state index in [1.807, 2.05) is 11.8 Å². The molecule has 1 aromatic rings. The van der Waals surface area contributed by atoms with Gasteiger partial charge < -0.3 is 15.0 Å². The summed E-state index contributed by atoms with van der Waals surface area (Å²) in [6.45, 7) is 4.35. The first-order chi connectivity index (χ1) is 9.76. The average molecular weight is 296 g/mol. The first kappa shape index (κ1) is 14.4. The van der Waals surface area contributed by atoms with E-state index in [1.165, 1.54) is 25.7 Å². The van der Waals surface area contributed by atoms with Crippen LogP contribution in [0, 0.1) is 0 Å². The first-order valence-electron chi connectivity index (χ1n) is 7.69. The normalized spacial score (nSPS) is 25.4. The number of hydrogen-bond donors (Lipinski definition) is 1. The molecule has 2 N–H and O–H groups in total. The fourth-order valence-corrected chi connectivity index (χ4v) is 4.82. The van der Waals surface area contributed by atoms with Crippen LogP contribution < -0.4 is 5.73 Å². The van der Waals surface area contributed by atoms with Crippen molar-refractivity contribution in [1.82, 2.24) is 14.8 Å². The van der Waals surface area contributed by atoms with Crippen LogP contribution in [-0.4, -0.2) is 32.2 Å². The largest absolute Gasteiger partial charge is 0.375 e. The lowest BCUT2D eigenvalue weighted by Gasteiger charge is -2.37. The molecular weight excluding hydrogens is 272 g/mol. The zero-order chi connectivity index (χ0) is 14.0. The summed E-state index contributed by atoms with van der Waals surface area (Å²) in [7, 11) is 0. The van der Waals surface area contributed by atoms with Crippen molar-refractivity contribution in [2.24, 2.45) is 5.73 Å². The lowest BCUT2D eigenvalue weighted by atomic mass is 9.92. The Hall–Kier alpha value is -0.590. The highest BCUT2D eigenvalue weighted by Gasteiger charge is 2.40. The molecule has 0 bridgehead atoms. The van der Waals surface area contributed by atoms with Crippen molar-refractivity contribution in [2.45, 2.75) is 74.5 Å². The topological polar surface area (TPSA) is 66.0 Å². The Kier molecular flexibility index (Phi) is 4.33. The predicted molar refractivity (Wildman–Crippen MR) is 79.6 cm³/mol. The molecule has 1 spiro atoms. The SMILES string of the molecule is CCn1c(CN)nnc1SC1CCOC2(CCCC2)C1. The number of aromatic nitrogens is 3. The van der Waals surface area contributed by atoms with E-state index in [9.17, 15) is 0 Å². The highest BCUT2D eigenvalue weighted by atomic mass is 32.2. The van der Waals surface area contributed by atoms with E-state index in [1.54, 1.807) is 0 Å². The van der Waals surface area contributed by atoms with Gasteiger partial charge in [-0.05, 0) is 32.6 Å². The van der Waals surface area contributed by atoms with Gasteiger partial charge in [0.05, 0.1) is 12.1 Å². The zero-order valence-corrected chi connectivity index (χ0v) is 13.0. The van der Waals surface area contributed by atoms with E-state index >= 15 is 0 Å².